The predicted molar refractivity (Wildman–Crippen MR) is 99.7 cm³/mol. The number of carbonyl (C=O) groups is 2. The number of hydrogen-bond donors (Lipinski definition) is 0. The third kappa shape index (κ3) is 4.91. The molecule has 5 nitrogen and oxygen atoms in total. The second kappa shape index (κ2) is 8.60. The van der Waals surface area contributed by atoms with Crippen LogP contribution < -0.4 is 4.74 Å². The smallest absolute Gasteiger partial charge is 0.344 e. The van der Waals surface area contributed by atoms with Crippen LogP contribution in [-0.4, -0.2) is 23.8 Å². The van der Waals surface area contributed by atoms with Crippen molar-refractivity contribution in [1.82, 2.24) is 4.98 Å². The van der Waals surface area contributed by atoms with Crippen molar-refractivity contribution in [2.75, 3.05) is 6.61 Å². The highest BCUT2D eigenvalue weighted by Crippen LogP contribution is 2.25. The maximum absolute atomic E-state index is 11.8. The molecule has 1 aromatic heterocycles. The van der Waals surface area contributed by atoms with Gasteiger partial charge in [-0.3, -0.25) is 4.79 Å². The molecule has 0 aliphatic carbocycles. The number of ether oxygens (including phenoxy) is 2. The number of thiazole rings is 1. The van der Waals surface area contributed by atoms with Crippen molar-refractivity contribution in [1.29, 1.82) is 0 Å². The first kappa shape index (κ1) is 18.1. The summed E-state index contributed by atoms with van der Waals surface area (Å²) in [7, 11) is 0. The van der Waals surface area contributed by atoms with Gasteiger partial charge in [0, 0.05) is 21.5 Å². The minimum atomic E-state index is -0.495. The number of aromatic nitrogens is 1. The van der Waals surface area contributed by atoms with Gasteiger partial charge in [-0.15, -0.1) is 11.3 Å². The van der Waals surface area contributed by atoms with Crippen LogP contribution in [0.4, 0.5) is 0 Å². The summed E-state index contributed by atoms with van der Waals surface area (Å²) in [6.07, 6.45) is 0.740. The second-order valence-electron chi connectivity index (χ2n) is 5.29. The molecule has 132 valence electrons. The molecule has 0 amide bonds. The number of hydrogen-bond acceptors (Lipinski definition) is 6. The summed E-state index contributed by atoms with van der Waals surface area (Å²) in [6, 6.07) is 13.9. The molecule has 1 heterocycles. The van der Waals surface area contributed by atoms with E-state index in [0.29, 0.717) is 22.0 Å². The Hall–Kier alpha value is -2.70. The van der Waals surface area contributed by atoms with Crippen LogP contribution in [0.2, 0.25) is 5.02 Å². The highest BCUT2D eigenvalue weighted by molar-refractivity contribution is 7.13. The summed E-state index contributed by atoms with van der Waals surface area (Å²) in [6.45, 7) is -0.134. The van der Waals surface area contributed by atoms with Crippen LogP contribution in [0.1, 0.15) is 16.1 Å². The summed E-state index contributed by atoms with van der Waals surface area (Å²) in [5, 5.41) is 3.34. The van der Waals surface area contributed by atoms with Crippen molar-refractivity contribution in [2.24, 2.45) is 0 Å². The Morgan fingerprint density at radius 2 is 1.85 bits per heavy atom. The average molecular weight is 388 g/mol. The Labute approximate surface area is 159 Å². The van der Waals surface area contributed by atoms with Crippen LogP contribution in [-0.2, 0) is 16.1 Å². The Morgan fingerprint density at radius 3 is 2.54 bits per heavy atom. The van der Waals surface area contributed by atoms with Crippen LogP contribution >= 0.6 is 22.9 Å². The molecule has 7 heteroatoms. The van der Waals surface area contributed by atoms with Crippen LogP contribution in [0.25, 0.3) is 10.6 Å². The first-order chi connectivity index (χ1) is 12.6. The van der Waals surface area contributed by atoms with E-state index in [1.54, 1.807) is 36.4 Å². The van der Waals surface area contributed by atoms with E-state index in [2.05, 4.69) is 4.98 Å². The van der Waals surface area contributed by atoms with Gasteiger partial charge in [-0.05, 0) is 36.4 Å². The molecule has 0 N–H and O–H groups in total. The lowest BCUT2D eigenvalue weighted by Gasteiger charge is -2.06. The minimum Gasteiger partial charge on any atom is -0.482 e. The van der Waals surface area contributed by atoms with Crippen molar-refractivity contribution < 1.29 is 19.1 Å². The predicted octanol–water partition coefficient (Wildman–Crippen LogP) is 4.40. The zero-order chi connectivity index (χ0) is 18.4. The topological polar surface area (TPSA) is 65.5 Å². The third-order valence-electron chi connectivity index (χ3n) is 3.40. The zero-order valence-electron chi connectivity index (χ0n) is 13.6. The first-order valence-electron chi connectivity index (χ1n) is 7.68. The molecular formula is C19H14ClNO4S. The van der Waals surface area contributed by atoms with Gasteiger partial charge >= 0.3 is 5.97 Å². The summed E-state index contributed by atoms with van der Waals surface area (Å²) in [4.78, 5) is 26.8. The molecule has 0 aliphatic rings. The van der Waals surface area contributed by atoms with Gasteiger partial charge < -0.3 is 9.47 Å². The highest BCUT2D eigenvalue weighted by Gasteiger charge is 2.09. The van der Waals surface area contributed by atoms with E-state index in [0.717, 1.165) is 16.9 Å². The molecule has 0 fully saturated rings. The number of halogens is 1. The van der Waals surface area contributed by atoms with Crippen molar-refractivity contribution in [3.8, 4) is 16.3 Å². The molecule has 0 aliphatic heterocycles. The average Bonchev–Trinajstić information content (AvgIpc) is 3.14. The van der Waals surface area contributed by atoms with E-state index in [-0.39, 0.29) is 13.2 Å². The number of carbonyl (C=O) groups excluding carboxylic acids is 2. The van der Waals surface area contributed by atoms with E-state index in [4.69, 9.17) is 21.1 Å². The SMILES string of the molecule is O=Cc1ccc(OCC(=O)OCc2csc(-c3ccc(Cl)cc3)n2)cc1. The van der Waals surface area contributed by atoms with E-state index >= 15 is 0 Å². The molecule has 3 rings (SSSR count). The van der Waals surface area contributed by atoms with Crippen LogP contribution in [0.3, 0.4) is 0 Å². The molecule has 0 radical (unpaired) electrons. The van der Waals surface area contributed by atoms with Crippen molar-refractivity contribution >= 4 is 35.2 Å². The van der Waals surface area contributed by atoms with Gasteiger partial charge in [0.2, 0.25) is 0 Å². The fourth-order valence-electron chi connectivity index (χ4n) is 2.08. The Morgan fingerprint density at radius 1 is 1.12 bits per heavy atom. The highest BCUT2D eigenvalue weighted by atomic mass is 35.5. The lowest BCUT2D eigenvalue weighted by atomic mass is 10.2. The Kier molecular flexibility index (Phi) is 5.99. The molecule has 3 aromatic rings. The molecule has 0 saturated heterocycles. The lowest BCUT2D eigenvalue weighted by Crippen LogP contribution is -2.14. The monoisotopic (exact) mass is 387 g/mol. The van der Waals surface area contributed by atoms with Gasteiger partial charge in [0.1, 0.15) is 23.7 Å². The normalized spacial score (nSPS) is 10.3. The maximum atomic E-state index is 11.8. The number of esters is 1. The summed E-state index contributed by atoms with van der Waals surface area (Å²) in [5.74, 6) is -0.00302. The van der Waals surface area contributed by atoms with E-state index < -0.39 is 5.97 Å². The van der Waals surface area contributed by atoms with E-state index in [9.17, 15) is 9.59 Å². The molecule has 26 heavy (non-hydrogen) atoms. The summed E-state index contributed by atoms with van der Waals surface area (Å²) >= 11 is 7.34. The largest absolute Gasteiger partial charge is 0.482 e. The Bertz CT molecular complexity index is 891. The third-order valence-corrected chi connectivity index (χ3v) is 4.59. The molecule has 0 saturated carbocycles. The van der Waals surface area contributed by atoms with Gasteiger partial charge in [-0.25, -0.2) is 9.78 Å². The fraction of sp³-hybridized carbons (Fsp3) is 0.105. The van der Waals surface area contributed by atoms with Gasteiger partial charge in [0.05, 0.1) is 5.69 Å². The number of benzene rings is 2. The molecule has 0 spiro atoms. The van der Waals surface area contributed by atoms with Crippen molar-refractivity contribution in [3.05, 3.63) is 70.2 Å². The van der Waals surface area contributed by atoms with E-state index in [1.807, 2.05) is 17.5 Å². The van der Waals surface area contributed by atoms with Crippen molar-refractivity contribution in [2.45, 2.75) is 6.61 Å². The van der Waals surface area contributed by atoms with Gasteiger partial charge in [0.15, 0.2) is 6.61 Å². The van der Waals surface area contributed by atoms with Crippen LogP contribution in [0, 0.1) is 0 Å². The standard InChI is InChI=1S/C19H14ClNO4S/c20-15-5-3-14(4-6-15)19-21-16(12-26-19)10-25-18(23)11-24-17-7-1-13(9-22)2-8-17/h1-9,12H,10-11H2. The zero-order valence-corrected chi connectivity index (χ0v) is 15.1. The van der Waals surface area contributed by atoms with Crippen LogP contribution in [0.5, 0.6) is 5.75 Å². The molecule has 0 unspecified atom stereocenters. The minimum absolute atomic E-state index is 0.0797. The summed E-state index contributed by atoms with van der Waals surface area (Å²) < 4.78 is 10.5. The number of aldehydes is 1. The maximum Gasteiger partial charge on any atom is 0.344 e. The van der Waals surface area contributed by atoms with Crippen LogP contribution in [0.15, 0.2) is 53.9 Å². The van der Waals surface area contributed by atoms with Crippen molar-refractivity contribution in [3.63, 3.8) is 0 Å². The molecular weight excluding hydrogens is 374 g/mol. The lowest BCUT2D eigenvalue weighted by molar-refractivity contribution is -0.147. The molecule has 0 atom stereocenters. The molecule has 2 aromatic carbocycles. The van der Waals surface area contributed by atoms with Gasteiger partial charge in [0.25, 0.3) is 0 Å². The summed E-state index contributed by atoms with van der Waals surface area (Å²) in [5.41, 5.74) is 2.17. The van der Waals surface area contributed by atoms with Gasteiger partial charge in [-0.1, -0.05) is 23.7 Å². The Balaban J connectivity index is 1.48. The number of rotatable bonds is 7. The fourth-order valence-corrected chi connectivity index (χ4v) is 3.02. The van der Waals surface area contributed by atoms with E-state index in [1.165, 1.54) is 11.3 Å². The first-order valence-corrected chi connectivity index (χ1v) is 8.94. The molecule has 0 bridgehead atoms. The van der Waals surface area contributed by atoms with Gasteiger partial charge in [-0.2, -0.15) is 0 Å². The second-order valence-corrected chi connectivity index (χ2v) is 6.58. The number of nitrogens with zero attached hydrogens (tertiary/aromatic N) is 1. The quantitative estimate of drug-likeness (QED) is 0.444.